The number of aromatic nitrogens is 3. The van der Waals surface area contributed by atoms with Gasteiger partial charge in [0.2, 0.25) is 0 Å². The van der Waals surface area contributed by atoms with Crippen molar-refractivity contribution < 1.29 is 50.9 Å². The molecule has 4 heterocycles. The lowest BCUT2D eigenvalue weighted by atomic mass is 10.0. The number of nitrogens with zero attached hydrogens (tertiary/aromatic N) is 4. The highest BCUT2D eigenvalue weighted by Gasteiger charge is 2.43. The zero-order valence-electron chi connectivity index (χ0n) is 21.6. The number of fused-ring (bicyclic) bond motifs is 1. The second-order valence-corrected chi connectivity index (χ2v) is 9.41. The molecule has 1 atom stereocenters. The molecule has 0 saturated carbocycles. The summed E-state index contributed by atoms with van der Waals surface area (Å²) in [5.74, 6) is -4.48. The third-order valence-corrected chi connectivity index (χ3v) is 6.22. The molecule has 1 fully saturated rings. The maximum atomic E-state index is 10.6. The molecule has 0 amide bonds. The fourth-order valence-electron chi connectivity index (χ4n) is 4.35. The predicted octanol–water partition coefficient (Wildman–Crippen LogP) is 4.70. The van der Waals surface area contributed by atoms with Crippen LogP contribution in [0.4, 0.5) is 26.3 Å². The highest BCUT2D eigenvalue weighted by atomic mass is 19.4. The molecule has 2 N–H and O–H groups in total. The van der Waals surface area contributed by atoms with Crippen LogP contribution in [0.15, 0.2) is 55.0 Å². The Kier molecular flexibility index (Phi) is 9.76. The minimum Gasteiger partial charge on any atom is -0.475 e. The average molecular weight is 589 g/mol. The third-order valence-electron chi connectivity index (χ3n) is 6.22. The van der Waals surface area contributed by atoms with Gasteiger partial charge in [0.15, 0.2) is 0 Å². The Morgan fingerprint density at radius 1 is 1.00 bits per heavy atom. The van der Waals surface area contributed by atoms with Crippen molar-refractivity contribution in [3.05, 3.63) is 71.9 Å². The van der Waals surface area contributed by atoms with E-state index in [0.717, 1.165) is 38.4 Å². The van der Waals surface area contributed by atoms with E-state index in [-0.39, 0.29) is 5.60 Å². The number of halogens is 6. The molecule has 2 aromatic heterocycles. The van der Waals surface area contributed by atoms with E-state index in [1.54, 1.807) is 0 Å². The zero-order valence-corrected chi connectivity index (χ0v) is 21.6. The van der Waals surface area contributed by atoms with Crippen molar-refractivity contribution >= 4 is 11.9 Å². The number of aryl methyl sites for hydroxylation is 1. The minimum atomic E-state index is -5.08. The number of aliphatic carboxylic acids is 2. The number of likely N-dealkylation sites (tertiary alicyclic amines) is 1. The van der Waals surface area contributed by atoms with Crippen LogP contribution in [0.2, 0.25) is 0 Å². The maximum absolute atomic E-state index is 10.6. The van der Waals surface area contributed by atoms with Crippen molar-refractivity contribution in [1.29, 1.82) is 0 Å². The van der Waals surface area contributed by atoms with Crippen molar-refractivity contribution in [3.8, 4) is 11.3 Å². The molecule has 1 saturated heterocycles. The highest BCUT2D eigenvalue weighted by molar-refractivity contribution is 5.73. The molecule has 222 valence electrons. The van der Waals surface area contributed by atoms with Crippen LogP contribution < -0.4 is 0 Å². The number of alkyl halides is 6. The molecular weight excluding hydrogens is 562 g/mol. The van der Waals surface area contributed by atoms with Gasteiger partial charge in [-0.2, -0.15) is 26.3 Å². The summed E-state index contributed by atoms with van der Waals surface area (Å²) >= 11 is 0. The fraction of sp³-hybridized carbons (Fsp3) is 0.385. The van der Waals surface area contributed by atoms with Crippen LogP contribution in [0.25, 0.3) is 11.3 Å². The largest absolute Gasteiger partial charge is 0.490 e. The molecule has 41 heavy (non-hydrogen) atoms. The first-order valence-electron chi connectivity index (χ1n) is 12.1. The normalized spacial score (nSPS) is 18.5. The Hall–Kier alpha value is -3.98. The van der Waals surface area contributed by atoms with E-state index in [1.807, 2.05) is 24.7 Å². The van der Waals surface area contributed by atoms with Gasteiger partial charge in [0.25, 0.3) is 0 Å². The number of imidazole rings is 1. The number of carboxylic acid groups (broad SMARTS) is 2. The lowest BCUT2D eigenvalue weighted by molar-refractivity contribution is -0.193. The standard InChI is InChI=1S/C22H24N4O.2C2HF3O2/c1-17-4-2-6-19(10-17)20-12-24-21-14-27-22(16-26(20)21)7-9-25(15-22)13-18-5-3-8-23-11-18;2*3-2(4,5)1(6)7/h2-6,8,10-12H,7,9,13-16H2,1H3;2*(H,6,7). The van der Waals surface area contributed by atoms with Crippen LogP contribution in [0.5, 0.6) is 0 Å². The number of carbonyl (C=O) groups is 2. The number of hydrogen-bond donors (Lipinski definition) is 2. The van der Waals surface area contributed by atoms with Crippen LogP contribution in [0, 0.1) is 6.92 Å². The lowest BCUT2D eigenvalue weighted by Gasteiger charge is -2.35. The molecule has 2 aliphatic heterocycles. The topological polar surface area (TPSA) is 118 Å². The van der Waals surface area contributed by atoms with Gasteiger partial charge in [-0.3, -0.25) is 9.88 Å². The van der Waals surface area contributed by atoms with Gasteiger partial charge in [0.05, 0.1) is 18.4 Å². The van der Waals surface area contributed by atoms with E-state index >= 15 is 0 Å². The molecule has 5 rings (SSSR count). The number of benzene rings is 1. The molecule has 15 heteroatoms. The van der Waals surface area contributed by atoms with Crippen molar-refractivity contribution in [2.24, 2.45) is 0 Å². The van der Waals surface area contributed by atoms with E-state index in [2.05, 4.69) is 56.7 Å². The molecular formula is C26H26F6N4O5. The Bertz CT molecular complexity index is 1320. The van der Waals surface area contributed by atoms with E-state index in [9.17, 15) is 26.3 Å². The molecule has 0 radical (unpaired) electrons. The van der Waals surface area contributed by atoms with Crippen LogP contribution in [0.3, 0.4) is 0 Å². The average Bonchev–Trinajstić information content (AvgIpc) is 3.48. The maximum Gasteiger partial charge on any atom is 0.490 e. The number of rotatable bonds is 3. The van der Waals surface area contributed by atoms with Gasteiger partial charge in [-0.1, -0.05) is 29.8 Å². The van der Waals surface area contributed by atoms with Gasteiger partial charge in [0.1, 0.15) is 18.0 Å². The number of carboxylic acids is 2. The Morgan fingerprint density at radius 2 is 1.66 bits per heavy atom. The van der Waals surface area contributed by atoms with E-state index in [4.69, 9.17) is 24.5 Å². The highest BCUT2D eigenvalue weighted by Crippen LogP contribution is 2.35. The van der Waals surface area contributed by atoms with E-state index < -0.39 is 24.3 Å². The molecule has 1 spiro atoms. The summed E-state index contributed by atoms with van der Waals surface area (Å²) in [6.45, 7) is 6.53. The molecule has 0 bridgehead atoms. The van der Waals surface area contributed by atoms with Crippen LogP contribution in [-0.2, 0) is 34.0 Å². The van der Waals surface area contributed by atoms with Crippen molar-refractivity contribution in [2.75, 3.05) is 13.1 Å². The summed E-state index contributed by atoms with van der Waals surface area (Å²) < 4.78 is 72.2. The van der Waals surface area contributed by atoms with Gasteiger partial charge < -0.3 is 19.5 Å². The first-order chi connectivity index (χ1) is 19.1. The van der Waals surface area contributed by atoms with Gasteiger partial charge in [-0.25, -0.2) is 14.6 Å². The summed E-state index contributed by atoms with van der Waals surface area (Å²) in [6, 6.07) is 12.8. The van der Waals surface area contributed by atoms with Crippen LogP contribution in [-0.4, -0.2) is 72.6 Å². The second kappa shape index (κ2) is 12.7. The predicted molar refractivity (Wildman–Crippen MR) is 131 cm³/mol. The first kappa shape index (κ1) is 31.5. The number of ether oxygens (including phenoxy) is 1. The smallest absolute Gasteiger partial charge is 0.475 e. The van der Waals surface area contributed by atoms with E-state index in [1.165, 1.54) is 22.4 Å². The summed E-state index contributed by atoms with van der Waals surface area (Å²) in [5, 5.41) is 14.2. The van der Waals surface area contributed by atoms with Crippen LogP contribution >= 0.6 is 0 Å². The molecule has 0 aliphatic carbocycles. The van der Waals surface area contributed by atoms with E-state index in [0.29, 0.717) is 6.61 Å². The Balaban J connectivity index is 0.000000276. The van der Waals surface area contributed by atoms with Crippen molar-refractivity contribution in [1.82, 2.24) is 19.4 Å². The Morgan fingerprint density at radius 3 is 2.22 bits per heavy atom. The van der Waals surface area contributed by atoms with Crippen molar-refractivity contribution in [3.63, 3.8) is 0 Å². The lowest BCUT2D eigenvalue weighted by Crippen LogP contribution is -2.44. The van der Waals surface area contributed by atoms with Crippen molar-refractivity contribution in [2.45, 2.75) is 51.0 Å². The Labute approximate surface area is 230 Å². The molecule has 1 unspecified atom stereocenters. The summed E-state index contributed by atoms with van der Waals surface area (Å²) in [5.41, 5.74) is 4.84. The molecule has 9 nitrogen and oxygen atoms in total. The first-order valence-corrected chi connectivity index (χ1v) is 12.1. The SMILES string of the molecule is Cc1cccc(-c2cnc3n2CC2(CCN(Cc4cccnc4)C2)OC3)c1.O=C(O)C(F)(F)F.O=C(O)C(F)(F)F. The summed E-state index contributed by atoms with van der Waals surface area (Å²) in [4.78, 5) is 29.1. The molecule has 1 aromatic carbocycles. The van der Waals surface area contributed by atoms with Gasteiger partial charge in [0, 0.05) is 37.6 Å². The van der Waals surface area contributed by atoms with Gasteiger partial charge in [-0.05, 0) is 31.0 Å². The number of pyridine rings is 1. The third kappa shape index (κ3) is 8.75. The monoisotopic (exact) mass is 588 g/mol. The summed E-state index contributed by atoms with van der Waals surface area (Å²) in [7, 11) is 0. The number of hydrogen-bond acceptors (Lipinski definition) is 6. The van der Waals surface area contributed by atoms with Gasteiger partial charge in [-0.15, -0.1) is 0 Å². The second-order valence-electron chi connectivity index (χ2n) is 9.41. The van der Waals surface area contributed by atoms with Crippen LogP contribution in [0.1, 0.15) is 23.4 Å². The minimum absolute atomic E-state index is 0.117. The quantitative estimate of drug-likeness (QED) is 0.423. The molecule has 3 aromatic rings. The summed E-state index contributed by atoms with van der Waals surface area (Å²) in [6.07, 6.45) is -3.34. The zero-order chi connectivity index (χ0) is 30.4. The molecule has 2 aliphatic rings. The van der Waals surface area contributed by atoms with Gasteiger partial charge >= 0.3 is 24.3 Å². The fourth-order valence-corrected chi connectivity index (χ4v) is 4.35.